The average Bonchev–Trinajstić information content (AvgIpc) is 2.58. The van der Waals surface area contributed by atoms with Crippen LogP contribution in [-0.2, 0) is 11.2 Å². The van der Waals surface area contributed by atoms with Gasteiger partial charge in [0.05, 0.1) is 25.0 Å². The van der Waals surface area contributed by atoms with Crippen LogP contribution in [0.4, 0.5) is 0 Å². The molecule has 0 saturated heterocycles. The van der Waals surface area contributed by atoms with E-state index in [-0.39, 0.29) is 18.5 Å². The van der Waals surface area contributed by atoms with Gasteiger partial charge in [0.15, 0.2) is 0 Å². The molecule has 1 aliphatic carbocycles. The van der Waals surface area contributed by atoms with Crippen molar-refractivity contribution >= 4 is 5.97 Å². The molecule has 0 radical (unpaired) electrons. The third kappa shape index (κ3) is 2.38. The zero-order valence-corrected chi connectivity index (χ0v) is 10.9. The molecule has 1 atom stereocenters. The molecule has 1 heterocycles. The Balaban J connectivity index is 2.47. The third-order valence-electron chi connectivity index (χ3n) is 3.59. The Morgan fingerprint density at radius 3 is 3.00 bits per heavy atom. The number of methoxy groups -OCH3 is 1. The summed E-state index contributed by atoms with van der Waals surface area (Å²) in [7, 11) is 1.38. The van der Waals surface area contributed by atoms with Gasteiger partial charge in [-0.05, 0) is 37.8 Å². The molecule has 1 unspecified atom stereocenters. The van der Waals surface area contributed by atoms with Crippen LogP contribution >= 0.6 is 0 Å². The van der Waals surface area contributed by atoms with Crippen molar-refractivity contribution in [1.29, 1.82) is 0 Å². The summed E-state index contributed by atoms with van der Waals surface area (Å²) in [5, 5.41) is 9.45. The molecule has 4 heteroatoms. The Bertz CT molecular complexity index is 457. The maximum Gasteiger partial charge on any atom is 0.339 e. The minimum absolute atomic E-state index is 0.105. The highest BCUT2D eigenvalue weighted by molar-refractivity contribution is 5.90. The van der Waals surface area contributed by atoms with Crippen LogP contribution in [0.15, 0.2) is 6.07 Å². The predicted octanol–water partition coefficient (Wildman–Crippen LogP) is 1.98. The number of esters is 1. The first-order chi connectivity index (χ1) is 8.67. The minimum atomic E-state index is -0.340. The number of fused-ring (bicyclic) bond motifs is 1. The highest BCUT2D eigenvalue weighted by atomic mass is 16.5. The number of pyridine rings is 1. The van der Waals surface area contributed by atoms with E-state index >= 15 is 0 Å². The SMILES string of the molecule is COC(=O)c1cc2c(nc1C)C(CO)CCCC2. The van der Waals surface area contributed by atoms with Crippen LogP contribution in [0, 0.1) is 6.92 Å². The fourth-order valence-corrected chi connectivity index (χ4v) is 2.56. The molecule has 0 aromatic carbocycles. The van der Waals surface area contributed by atoms with E-state index in [9.17, 15) is 9.90 Å². The molecule has 98 valence electrons. The molecule has 0 spiro atoms. The largest absolute Gasteiger partial charge is 0.465 e. The fraction of sp³-hybridized carbons (Fsp3) is 0.571. The Kier molecular flexibility index (Phi) is 3.97. The van der Waals surface area contributed by atoms with E-state index in [1.807, 2.05) is 13.0 Å². The lowest BCUT2D eigenvalue weighted by Crippen LogP contribution is -2.13. The molecule has 0 fully saturated rings. The smallest absolute Gasteiger partial charge is 0.339 e. The van der Waals surface area contributed by atoms with E-state index < -0.39 is 0 Å². The summed E-state index contributed by atoms with van der Waals surface area (Å²) in [4.78, 5) is 16.2. The molecular formula is C14H19NO3. The summed E-state index contributed by atoms with van der Waals surface area (Å²) in [5.41, 5.74) is 3.26. The van der Waals surface area contributed by atoms with Crippen molar-refractivity contribution in [2.45, 2.75) is 38.5 Å². The second-order valence-electron chi connectivity index (χ2n) is 4.78. The predicted molar refractivity (Wildman–Crippen MR) is 67.7 cm³/mol. The second kappa shape index (κ2) is 5.48. The van der Waals surface area contributed by atoms with Gasteiger partial charge in [-0.25, -0.2) is 4.79 Å². The molecule has 2 rings (SSSR count). The molecule has 0 saturated carbocycles. The molecule has 1 aromatic rings. The van der Waals surface area contributed by atoms with Crippen LogP contribution in [0.2, 0.25) is 0 Å². The van der Waals surface area contributed by atoms with E-state index in [1.54, 1.807) is 0 Å². The molecule has 0 bridgehead atoms. The Morgan fingerprint density at radius 2 is 2.33 bits per heavy atom. The van der Waals surface area contributed by atoms with Crippen LogP contribution in [0.1, 0.15) is 52.5 Å². The summed E-state index contributed by atoms with van der Waals surface area (Å²) in [5.74, 6) is -0.236. The number of hydrogen-bond donors (Lipinski definition) is 1. The van der Waals surface area contributed by atoms with E-state index in [4.69, 9.17) is 4.74 Å². The number of aliphatic hydroxyl groups excluding tert-OH is 1. The van der Waals surface area contributed by atoms with E-state index in [2.05, 4.69) is 4.98 Å². The highest BCUT2D eigenvalue weighted by Crippen LogP contribution is 2.30. The third-order valence-corrected chi connectivity index (χ3v) is 3.59. The number of aliphatic hydroxyl groups is 1. The maximum atomic E-state index is 11.6. The summed E-state index contributed by atoms with van der Waals surface area (Å²) in [6.07, 6.45) is 4.06. The van der Waals surface area contributed by atoms with Gasteiger partial charge in [0, 0.05) is 11.6 Å². The van der Waals surface area contributed by atoms with Crippen molar-refractivity contribution in [3.8, 4) is 0 Å². The second-order valence-corrected chi connectivity index (χ2v) is 4.78. The van der Waals surface area contributed by atoms with Gasteiger partial charge in [-0.1, -0.05) is 6.42 Å². The van der Waals surface area contributed by atoms with Crippen molar-refractivity contribution in [2.75, 3.05) is 13.7 Å². The van der Waals surface area contributed by atoms with Gasteiger partial charge in [0.2, 0.25) is 0 Å². The highest BCUT2D eigenvalue weighted by Gasteiger charge is 2.22. The number of rotatable bonds is 2. The Morgan fingerprint density at radius 1 is 1.56 bits per heavy atom. The molecule has 0 aliphatic heterocycles. The number of aromatic nitrogens is 1. The Labute approximate surface area is 107 Å². The lowest BCUT2D eigenvalue weighted by atomic mass is 9.97. The zero-order valence-electron chi connectivity index (χ0n) is 10.9. The normalized spacial score (nSPS) is 18.9. The molecule has 1 N–H and O–H groups in total. The number of ether oxygens (including phenoxy) is 1. The molecule has 18 heavy (non-hydrogen) atoms. The molecule has 0 amide bonds. The van der Waals surface area contributed by atoms with E-state index in [1.165, 1.54) is 7.11 Å². The van der Waals surface area contributed by atoms with E-state index in [0.29, 0.717) is 11.3 Å². The number of carbonyl (C=O) groups is 1. The fourth-order valence-electron chi connectivity index (χ4n) is 2.56. The quantitative estimate of drug-likeness (QED) is 0.643. The lowest BCUT2D eigenvalue weighted by molar-refractivity contribution is 0.0599. The number of hydrogen-bond acceptors (Lipinski definition) is 4. The zero-order chi connectivity index (χ0) is 13.1. The maximum absolute atomic E-state index is 11.6. The van der Waals surface area contributed by atoms with Crippen molar-refractivity contribution < 1.29 is 14.6 Å². The Hall–Kier alpha value is -1.42. The lowest BCUT2D eigenvalue weighted by Gasteiger charge is -2.16. The summed E-state index contributed by atoms with van der Waals surface area (Å²) < 4.78 is 4.76. The van der Waals surface area contributed by atoms with Gasteiger partial charge in [-0.3, -0.25) is 4.98 Å². The first-order valence-corrected chi connectivity index (χ1v) is 6.37. The summed E-state index contributed by atoms with van der Waals surface area (Å²) in [6.45, 7) is 1.93. The van der Waals surface area contributed by atoms with Crippen LogP contribution < -0.4 is 0 Å². The monoisotopic (exact) mass is 249 g/mol. The van der Waals surface area contributed by atoms with Crippen LogP contribution in [-0.4, -0.2) is 29.8 Å². The number of carbonyl (C=O) groups excluding carboxylic acids is 1. The van der Waals surface area contributed by atoms with Crippen LogP contribution in [0.5, 0.6) is 0 Å². The van der Waals surface area contributed by atoms with Gasteiger partial charge in [-0.15, -0.1) is 0 Å². The van der Waals surface area contributed by atoms with Crippen molar-refractivity contribution in [3.05, 3.63) is 28.6 Å². The van der Waals surface area contributed by atoms with Gasteiger partial charge in [0.25, 0.3) is 0 Å². The van der Waals surface area contributed by atoms with Gasteiger partial charge in [0.1, 0.15) is 0 Å². The first kappa shape index (κ1) is 13.0. The van der Waals surface area contributed by atoms with Gasteiger partial charge >= 0.3 is 5.97 Å². The molecule has 1 aliphatic rings. The summed E-state index contributed by atoms with van der Waals surface area (Å²) >= 11 is 0. The van der Waals surface area contributed by atoms with Crippen LogP contribution in [0.25, 0.3) is 0 Å². The average molecular weight is 249 g/mol. The summed E-state index contributed by atoms with van der Waals surface area (Å²) in [6, 6.07) is 1.89. The van der Waals surface area contributed by atoms with Crippen molar-refractivity contribution in [3.63, 3.8) is 0 Å². The molecule has 1 aromatic heterocycles. The van der Waals surface area contributed by atoms with Gasteiger partial charge in [-0.2, -0.15) is 0 Å². The van der Waals surface area contributed by atoms with Crippen LogP contribution in [0.3, 0.4) is 0 Å². The first-order valence-electron chi connectivity index (χ1n) is 6.37. The topological polar surface area (TPSA) is 59.4 Å². The van der Waals surface area contributed by atoms with Crippen molar-refractivity contribution in [2.24, 2.45) is 0 Å². The number of nitrogens with zero attached hydrogens (tertiary/aromatic N) is 1. The number of aryl methyl sites for hydroxylation is 2. The standard InChI is InChI=1S/C14H19NO3/c1-9-12(14(17)18-2)7-10-5-3-4-6-11(8-16)13(10)15-9/h7,11,16H,3-6,8H2,1-2H3. The van der Waals surface area contributed by atoms with Crippen molar-refractivity contribution in [1.82, 2.24) is 4.98 Å². The molecule has 4 nitrogen and oxygen atoms in total. The van der Waals surface area contributed by atoms with Gasteiger partial charge < -0.3 is 9.84 Å². The molecular weight excluding hydrogens is 230 g/mol. The van der Waals surface area contributed by atoms with E-state index in [0.717, 1.165) is 36.9 Å². The minimum Gasteiger partial charge on any atom is -0.465 e.